The molecule has 0 unspecified atom stereocenters. The fourth-order valence-corrected chi connectivity index (χ4v) is 6.44. The fraction of sp³-hybridized carbons (Fsp3) is 0.500. The molecule has 1 aromatic carbocycles. The first kappa shape index (κ1) is 25.9. The summed E-state index contributed by atoms with van der Waals surface area (Å²) in [5.74, 6) is -0.846. The summed E-state index contributed by atoms with van der Waals surface area (Å²) in [7, 11) is -4.25. The van der Waals surface area contributed by atoms with E-state index in [1.54, 1.807) is 15.9 Å². The number of aryl methyl sites for hydroxylation is 1. The lowest BCUT2D eigenvalue weighted by Crippen LogP contribution is -2.53. The molecule has 0 radical (unpaired) electrons. The zero-order chi connectivity index (χ0) is 26.3. The van der Waals surface area contributed by atoms with Crippen molar-refractivity contribution >= 4 is 21.6 Å². The fourth-order valence-electron chi connectivity index (χ4n) is 4.71. The third-order valence-corrected chi connectivity index (χ3v) is 8.56. The van der Waals surface area contributed by atoms with Crippen LogP contribution in [0.4, 0.5) is 18.9 Å². The van der Waals surface area contributed by atoms with Crippen LogP contribution >= 0.6 is 0 Å². The summed E-state index contributed by atoms with van der Waals surface area (Å²) in [6.07, 6.45) is -3.56. The van der Waals surface area contributed by atoms with Crippen molar-refractivity contribution in [3.63, 3.8) is 0 Å². The molecule has 2 aliphatic heterocycles. The molecule has 14 heteroatoms. The van der Waals surface area contributed by atoms with Gasteiger partial charge in [0.15, 0.2) is 4.90 Å². The summed E-state index contributed by atoms with van der Waals surface area (Å²) < 4.78 is 66.5. The van der Waals surface area contributed by atoms with E-state index >= 15 is 0 Å². The number of nitrogens with one attached hydrogen (secondary N) is 2. The maximum absolute atomic E-state index is 13.2. The number of nitrogens with zero attached hydrogens (tertiary/aromatic N) is 3. The van der Waals surface area contributed by atoms with Gasteiger partial charge in [0.25, 0.3) is 5.56 Å². The minimum Gasteiger partial charge on any atom is -0.368 e. The van der Waals surface area contributed by atoms with Crippen LogP contribution in [0.5, 0.6) is 0 Å². The van der Waals surface area contributed by atoms with Crippen LogP contribution in [0.2, 0.25) is 0 Å². The molecule has 0 spiro atoms. The van der Waals surface area contributed by atoms with Crippen molar-refractivity contribution in [2.24, 2.45) is 5.92 Å². The predicted molar refractivity (Wildman–Crippen MR) is 124 cm³/mol. The van der Waals surface area contributed by atoms with E-state index in [-0.39, 0.29) is 37.8 Å². The number of sulfonamides is 1. The number of amides is 1. The maximum atomic E-state index is 13.2. The third-order valence-electron chi connectivity index (χ3n) is 6.54. The number of carbonyl (C=O) groups excluding carboxylic acids is 1. The van der Waals surface area contributed by atoms with Crippen LogP contribution in [-0.2, 0) is 21.0 Å². The molecule has 0 bridgehead atoms. The van der Waals surface area contributed by atoms with Crippen molar-refractivity contribution in [2.75, 3.05) is 44.2 Å². The van der Waals surface area contributed by atoms with Crippen molar-refractivity contribution in [2.45, 2.75) is 30.8 Å². The Bertz CT molecular complexity index is 1360. The first-order chi connectivity index (χ1) is 16.9. The topological polar surface area (TPSA) is 127 Å². The monoisotopic (exact) mass is 529 g/mol. The quantitative estimate of drug-likeness (QED) is 0.612. The Balaban J connectivity index is 1.43. The van der Waals surface area contributed by atoms with Crippen molar-refractivity contribution in [3.05, 3.63) is 56.4 Å². The van der Waals surface area contributed by atoms with Gasteiger partial charge in [0.05, 0.1) is 11.5 Å². The summed E-state index contributed by atoms with van der Waals surface area (Å²) in [4.78, 5) is 43.9. The van der Waals surface area contributed by atoms with E-state index in [4.69, 9.17) is 0 Å². The van der Waals surface area contributed by atoms with E-state index < -0.39 is 43.8 Å². The second-order valence-electron chi connectivity index (χ2n) is 8.92. The number of hydrogen-bond donors (Lipinski definition) is 2. The van der Waals surface area contributed by atoms with Gasteiger partial charge in [0.1, 0.15) is 0 Å². The van der Waals surface area contributed by atoms with E-state index in [2.05, 4.69) is 4.98 Å². The van der Waals surface area contributed by atoms with Crippen molar-refractivity contribution < 1.29 is 26.4 Å². The number of aromatic amines is 2. The van der Waals surface area contributed by atoms with Gasteiger partial charge in [-0.2, -0.15) is 17.5 Å². The molecule has 10 nitrogen and oxygen atoms in total. The molecule has 1 amide bonds. The van der Waals surface area contributed by atoms with Crippen LogP contribution in [0, 0.1) is 12.8 Å². The average molecular weight is 530 g/mol. The van der Waals surface area contributed by atoms with Gasteiger partial charge in [-0.1, -0.05) is 6.07 Å². The number of H-pyrrole nitrogens is 2. The number of benzene rings is 1. The zero-order valence-electron chi connectivity index (χ0n) is 19.5. The molecule has 1 aromatic heterocycles. The SMILES string of the molecule is Cc1[nH]c(=O)[nH]c(=O)c1S(=O)(=O)N1CCC[C@H](C(=O)N2CCN(c3cccc(C(F)(F)F)c3)CC2)C1. The van der Waals surface area contributed by atoms with Crippen LogP contribution in [-0.4, -0.2) is 72.8 Å². The molecule has 3 heterocycles. The highest BCUT2D eigenvalue weighted by atomic mass is 32.2. The number of rotatable bonds is 4. The van der Waals surface area contributed by atoms with Gasteiger partial charge in [-0.15, -0.1) is 0 Å². The first-order valence-electron chi connectivity index (χ1n) is 11.4. The van der Waals surface area contributed by atoms with Gasteiger partial charge in [-0.25, -0.2) is 13.2 Å². The lowest BCUT2D eigenvalue weighted by molar-refractivity contribution is -0.137. The minimum atomic E-state index is -4.44. The highest BCUT2D eigenvalue weighted by Crippen LogP contribution is 2.32. The van der Waals surface area contributed by atoms with E-state index in [0.717, 1.165) is 16.4 Å². The number of carbonyl (C=O) groups is 1. The Hall–Kier alpha value is -3.13. The molecule has 36 heavy (non-hydrogen) atoms. The maximum Gasteiger partial charge on any atom is 0.416 e. The molecule has 4 rings (SSSR count). The van der Waals surface area contributed by atoms with Crippen LogP contribution in [0.3, 0.4) is 0 Å². The number of halogens is 3. The number of aromatic nitrogens is 2. The Morgan fingerprint density at radius 3 is 2.39 bits per heavy atom. The lowest BCUT2D eigenvalue weighted by atomic mass is 9.97. The summed E-state index contributed by atoms with van der Waals surface area (Å²) >= 11 is 0. The van der Waals surface area contributed by atoms with Gasteiger partial charge in [-0.05, 0) is 38.0 Å². The van der Waals surface area contributed by atoms with Gasteiger partial charge in [0.2, 0.25) is 15.9 Å². The third kappa shape index (κ3) is 5.19. The van der Waals surface area contributed by atoms with Crippen LogP contribution in [0.15, 0.2) is 38.8 Å². The molecular weight excluding hydrogens is 503 g/mol. The van der Waals surface area contributed by atoms with E-state index in [9.17, 15) is 36.0 Å². The zero-order valence-corrected chi connectivity index (χ0v) is 20.3. The normalized spacial score (nSPS) is 19.9. The van der Waals surface area contributed by atoms with E-state index in [0.29, 0.717) is 31.6 Å². The Kier molecular flexibility index (Phi) is 7.01. The van der Waals surface area contributed by atoms with Crippen LogP contribution in [0.25, 0.3) is 0 Å². The molecule has 2 aromatic rings. The summed E-state index contributed by atoms with van der Waals surface area (Å²) in [5.41, 5.74) is -2.22. The molecule has 2 aliphatic rings. The predicted octanol–water partition coefficient (Wildman–Crippen LogP) is 1.14. The highest BCUT2D eigenvalue weighted by Gasteiger charge is 2.38. The Morgan fingerprint density at radius 2 is 1.75 bits per heavy atom. The highest BCUT2D eigenvalue weighted by molar-refractivity contribution is 7.89. The Labute approximate surface area is 204 Å². The van der Waals surface area contributed by atoms with E-state index in [1.807, 2.05) is 4.98 Å². The molecule has 2 fully saturated rings. The average Bonchev–Trinajstić information content (AvgIpc) is 2.82. The number of piperazine rings is 1. The number of anilines is 1. The standard InChI is InChI=1S/C22H26F3N5O5S/c1-14-18(19(31)27-21(33)26-14)36(34,35)30-7-3-4-15(13-30)20(32)29-10-8-28(9-11-29)17-6-2-5-16(12-17)22(23,24)25/h2,5-6,12,15H,3-4,7-11,13H2,1H3,(H2,26,27,31,33)/t15-/m0/s1. The number of piperidine rings is 1. The van der Waals surface area contributed by atoms with Crippen LogP contribution < -0.4 is 16.1 Å². The second-order valence-corrected chi connectivity index (χ2v) is 10.8. The van der Waals surface area contributed by atoms with Gasteiger partial charge >= 0.3 is 11.9 Å². The van der Waals surface area contributed by atoms with Gasteiger partial charge in [-0.3, -0.25) is 14.6 Å². The van der Waals surface area contributed by atoms with Crippen molar-refractivity contribution in [3.8, 4) is 0 Å². The molecular formula is C22H26F3N5O5S. The van der Waals surface area contributed by atoms with Crippen molar-refractivity contribution in [1.82, 2.24) is 19.2 Å². The molecule has 1 atom stereocenters. The largest absolute Gasteiger partial charge is 0.416 e. The van der Waals surface area contributed by atoms with E-state index in [1.165, 1.54) is 13.0 Å². The molecule has 0 saturated carbocycles. The lowest BCUT2D eigenvalue weighted by Gasteiger charge is -2.39. The summed E-state index contributed by atoms with van der Waals surface area (Å²) in [5, 5.41) is 0. The molecule has 0 aliphatic carbocycles. The Morgan fingerprint density at radius 1 is 1.06 bits per heavy atom. The smallest absolute Gasteiger partial charge is 0.368 e. The van der Waals surface area contributed by atoms with Crippen molar-refractivity contribution in [1.29, 1.82) is 0 Å². The summed E-state index contributed by atoms with van der Waals surface area (Å²) in [6, 6.07) is 5.04. The first-order valence-corrected chi connectivity index (χ1v) is 12.9. The number of alkyl halides is 3. The van der Waals surface area contributed by atoms with Gasteiger partial charge in [0, 0.05) is 50.6 Å². The molecule has 2 N–H and O–H groups in total. The molecule has 2 saturated heterocycles. The summed E-state index contributed by atoms with van der Waals surface area (Å²) in [6.45, 7) is 2.61. The minimum absolute atomic E-state index is 0.0806. The van der Waals surface area contributed by atoms with Gasteiger partial charge < -0.3 is 14.8 Å². The molecule has 196 valence electrons. The van der Waals surface area contributed by atoms with Crippen LogP contribution in [0.1, 0.15) is 24.1 Å². The second kappa shape index (κ2) is 9.73. The number of hydrogen-bond acceptors (Lipinski definition) is 6.